The SMILES string of the molecule is O=C(N[C@@H]1CN2CCC1CC2)c1n[nH]c2cc(O)ccc12. The minimum atomic E-state index is -0.134. The molecule has 0 unspecified atom stereocenters. The summed E-state index contributed by atoms with van der Waals surface area (Å²) in [5, 5.41) is 20.2. The van der Waals surface area contributed by atoms with Crippen LogP contribution in [0.1, 0.15) is 23.3 Å². The van der Waals surface area contributed by atoms with E-state index in [1.165, 1.54) is 12.8 Å². The summed E-state index contributed by atoms with van der Waals surface area (Å²) < 4.78 is 0. The van der Waals surface area contributed by atoms with Crippen LogP contribution < -0.4 is 5.32 Å². The van der Waals surface area contributed by atoms with Gasteiger partial charge >= 0.3 is 0 Å². The number of carbonyl (C=O) groups is 1. The third-order valence-electron chi connectivity index (χ3n) is 4.73. The van der Waals surface area contributed by atoms with Crippen molar-refractivity contribution in [1.82, 2.24) is 20.4 Å². The van der Waals surface area contributed by atoms with Gasteiger partial charge in [0.2, 0.25) is 0 Å². The molecule has 0 spiro atoms. The first kappa shape index (κ1) is 12.6. The van der Waals surface area contributed by atoms with Gasteiger partial charge in [0.1, 0.15) is 5.75 Å². The molecule has 0 radical (unpaired) electrons. The minimum Gasteiger partial charge on any atom is -0.508 e. The first-order chi connectivity index (χ1) is 10.2. The molecule has 3 aliphatic heterocycles. The van der Waals surface area contributed by atoms with Crippen molar-refractivity contribution in [2.75, 3.05) is 19.6 Å². The van der Waals surface area contributed by atoms with E-state index in [-0.39, 0.29) is 17.7 Å². The summed E-state index contributed by atoms with van der Waals surface area (Å²) >= 11 is 0. The normalized spacial score (nSPS) is 27.9. The number of rotatable bonds is 2. The van der Waals surface area contributed by atoms with Crippen LogP contribution >= 0.6 is 0 Å². The summed E-state index contributed by atoms with van der Waals surface area (Å²) in [6, 6.07) is 5.10. The fourth-order valence-corrected chi connectivity index (χ4v) is 3.55. The Morgan fingerprint density at radius 1 is 1.38 bits per heavy atom. The predicted molar refractivity (Wildman–Crippen MR) is 78.2 cm³/mol. The highest BCUT2D eigenvalue weighted by Gasteiger charge is 2.35. The number of amides is 1. The average Bonchev–Trinajstić information content (AvgIpc) is 2.91. The Bertz CT molecular complexity index is 688. The summed E-state index contributed by atoms with van der Waals surface area (Å²) in [5.74, 6) is 0.620. The molecule has 1 aromatic carbocycles. The molecular weight excluding hydrogens is 268 g/mol. The molecule has 21 heavy (non-hydrogen) atoms. The van der Waals surface area contributed by atoms with Crippen molar-refractivity contribution < 1.29 is 9.90 Å². The highest BCUT2D eigenvalue weighted by atomic mass is 16.3. The maximum Gasteiger partial charge on any atom is 0.272 e. The molecule has 1 amide bonds. The fraction of sp³-hybridized carbons (Fsp3) is 0.467. The van der Waals surface area contributed by atoms with Crippen LogP contribution in [0.25, 0.3) is 10.9 Å². The number of fused-ring (bicyclic) bond motifs is 4. The molecule has 3 fully saturated rings. The Morgan fingerprint density at radius 3 is 2.90 bits per heavy atom. The molecule has 4 heterocycles. The lowest BCUT2D eigenvalue weighted by Gasteiger charge is -2.44. The van der Waals surface area contributed by atoms with Gasteiger partial charge in [0.15, 0.2) is 5.69 Å². The number of aromatic amines is 1. The lowest BCUT2D eigenvalue weighted by molar-refractivity contribution is 0.0618. The molecule has 0 aliphatic carbocycles. The van der Waals surface area contributed by atoms with Crippen molar-refractivity contribution in [3.63, 3.8) is 0 Å². The van der Waals surface area contributed by atoms with E-state index in [0.717, 1.165) is 25.0 Å². The van der Waals surface area contributed by atoms with E-state index in [1.54, 1.807) is 18.2 Å². The Hall–Kier alpha value is -2.08. The number of piperidine rings is 3. The number of nitrogens with zero attached hydrogens (tertiary/aromatic N) is 2. The van der Waals surface area contributed by atoms with Crippen LogP contribution in [0.4, 0.5) is 0 Å². The van der Waals surface area contributed by atoms with Crippen LogP contribution in [-0.4, -0.2) is 51.8 Å². The summed E-state index contributed by atoms with van der Waals surface area (Å²) in [6.45, 7) is 3.25. The maximum atomic E-state index is 12.5. The predicted octanol–water partition coefficient (Wildman–Crippen LogP) is 1.09. The zero-order valence-corrected chi connectivity index (χ0v) is 11.7. The molecule has 6 nitrogen and oxygen atoms in total. The second-order valence-electron chi connectivity index (χ2n) is 6.02. The monoisotopic (exact) mass is 286 g/mol. The molecule has 1 aromatic heterocycles. The highest BCUT2D eigenvalue weighted by molar-refractivity contribution is 6.05. The second-order valence-corrected chi connectivity index (χ2v) is 6.02. The maximum absolute atomic E-state index is 12.5. The van der Waals surface area contributed by atoms with E-state index in [1.807, 2.05) is 0 Å². The van der Waals surface area contributed by atoms with E-state index in [4.69, 9.17) is 0 Å². The number of hydrogen-bond donors (Lipinski definition) is 3. The van der Waals surface area contributed by atoms with Crippen molar-refractivity contribution >= 4 is 16.8 Å². The van der Waals surface area contributed by atoms with Gasteiger partial charge in [-0.05, 0) is 44.0 Å². The van der Waals surface area contributed by atoms with Crippen LogP contribution in [0.2, 0.25) is 0 Å². The first-order valence-electron chi connectivity index (χ1n) is 7.41. The zero-order valence-electron chi connectivity index (χ0n) is 11.7. The van der Waals surface area contributed by atoms with Gasteiger partial charge in [-0.25, -0.2) is 0 Å². The smallest absolute Gasteiger partial charge is 0.272 e. The molecule has 1 atom stereocenters. The number of hydrogen-bond acceptors (Lipinski definition) is 4. The third kappa shape index (κ3) is 2.15. The van der Waals surface area contributed by atoms with Gasteiger partial charge < -0.3 is 15.3 Å². The molecule has 110 valence electrons. The van der Waals surface area contributed by atoms with Crippen LogP contribution in [0, 0.1) is 5.92 Å². The van der Waals surface area contributed by atoms with E-state index in [9.17, 15) is 9.90 Å². The molecule has 5 rings (SSSR count). The lowest BCUT2D eigenvalue weighted by atomic mass is 9.84. The molecule has 3 aliphatic rings. The summed E-state index contributed by atoms with van der Waals surface area (Å²) in [7, 11) is 0. The van der Waals surface area contributed by atoms with Gasteiger partial charge in [0.05, 0.1) is 5.52 Å². The summed E-state index contributed by atoms with van der Waals surface area (Å²) in [4.78, 5) is 14.9. The van der Waals surface area contributed by atoms with Crippen molar-refractivity contribution in [2.45, 2.75) is 18.9 Å². The Kier molecular flexibility index (Phi) is 2.85. The van der Waals surface area contributed by atoms with Gasteiger partial charge in [-0.1, -0.05) is 0 Å². The molecular formula is C15H18N4O2. The van der Waals surface area contributed by atoms with Gasteiger partial charge in [-0.2, -0.15) is 5.10 Å². The third-order valence-corrected chi connectivity index (χ3v) is 4.73. The van der Waals surface area contributed by atoms with Gasteiger partial charge in [-0.3, -0.25) is 9.89 Å². The Morgan fingerprint density at radius 2 is 2.19 bits per heavy atom. The highest BCUT2D eigenvalue weighted by Crippen LogP contribution is 2.28. The number of H-pyrrole nitrogens is 1. The topological polar surface area (TPSA) is 81.2 Å². The summed E-state index contributed by atoms with van der Waals surface area (Å²) in [6.07, 6.45) is 2.33. The quantitative estimate of drug-likeness (QED) is 0.772. The van der Waals surface area contributed by atoms with E-state index >= 15 is 0 Å². The average molecular weight is 286 g/mol. The van der Waals surface area contributed by atoms with Crippen molar-refractivity contribution in [3.8, 4) is 5.75 Å². The van der Waals surface area contributed by atoms with Crippen molar-refractivity contribution in [3.05, 3.63) is 23.9 Å². The van der Waals surface area contributed by atoms with Gasteiger partial charge in [-0.15, -0.1) is 0 Å². The molecule has 3 saturated heterocycles. The number of aromatic hydroxyl groups is 1. The molecule has 2 aromatic rings. The van der Waals surface area contributed by atoms with Gasteiger partial charge in [0, 0.05) is 24.0 Å². The number of benzene rings is 1. The van der Waals surface area contributed by atoms with Crippen LogP contribution in [0.3, 0.4) is 0 Å². The number of aromatic nitrogens is 2. The van der Waals surface area contributed by atoms with Crippen LogP contribution in [-0.2, 0) is 0 Å². The fourth-order valence-electron chi connectivity index (χ4n) is 3.55. The molecule has 2 bridgehead atoms. The molecule has 6 heteroatoms. The summed E-state index contributed by atoms with van der Waals surface area (Å²) in [5.41, 5.74) is 1.08. The van der Waals surface area contributed by atoms with E-state index < -0.39 is 0 Å². The number of phenols is 1. The van der Waals surface area contributed by atoms with Crippen molar-refractivity contribution in [2.24, 2.45) is 5.92 Å². The number of phenolic OH excluding ortho intramolecular Hbond substituents is 1. The Balaban J connectivity index is 1.56. The lowest BCUT2D eigenvalue weighted by Crippen LogP contribution is -2.57. The van der Waals surface area contributed by atoms with Gasteiger partial charge in [0.25, 0.3) is 5.91 Å². The Labute approximate surface area is 122 Å². The minimum absolute atomic E-state index is 0.134. The van der Waals surface area contributed by atoms with E-state index in [2.05, 4.69) is 20.4 Å². The molecule has 3 N–H and O–H groups in total. The second kappa shape index (κ2) is 4.73. The number of carbonyl (C=O) groups excluding carboxylic acids is 1. The standard InChI is InChI=1S/C15H18N4O2/c20-10-1-2-11-12(7-10)17-18-14(11)15(21)16-13-8-19-5-3-9(13)4-6-19/h1-2,7,9,13,20H,3-6,8H2,(H,16,21)(H,17,18)/t13-/m1/s1. The first-order valence-corrected chi connectivity index (χ1v) is 7.41. The largest absolute Gasteiger partial charge is 0.508 e. The van der Waals surface area contributed by atoms with Crippen LogP contribution in [0.5, 0.6) is 5.75 Å². The number of nitrogens with one attached hydrogen (secondary N) is 2. The zero-order chi connectivity index (χ0) is 14.4. The van der Waals surface area contributed by atoms with Crippen molar-refractivity contribution in [1.29, 1.82) is 0 Å². The van der Waals surface area contributed by atoms with Crippen LogP contribution in [0.15, 0.2) is 18.2 Å². The van der Waals surface area contributed by atoms with E-state index in [0.29, 0.717) is 17.1 Å². The molecule has 0 saturated carbocycles.